The van der Waals surface area contributed by atoms with Gasteiger partial charge in [0.05, 0.1) is 17.8 Å². The van der Waals surface area contributed by atoms with Crippen LogP contribution in [-0.4, -0.2) is 12.0 Å². The van der Waals surface area contributed by atoms with E-state index in [0.717, 1.165) is 15.8 Å². The van der Waals surface area contributed by atoms with Crippen LogP contribution in [0.25, 0.3) is 11.3 Å². The molecule has 1 aromatic carbocycles. The summed E-state index contributed by atoms with van der Waals surface area (Å²) in [4.78, 5) is 4.16. The third kappa shape index (κ3) is 2.45. The summed E-state index contributed by atoms with van der Waals surface area (Å²) in [6, 6.07) is 5.63. The zero-order chi connectivity index (χ0) is 11.5. The normalized spacial score (nSPS) is 10.7. The van der Waals surface area contributed by atoms with E-state index in [-0.39, 0.29) is 0 Å². The molecule has 0 spiro atoms. The molecule has 0 fully saturated rings. The van der Waals surface area contributed by atoms with E-state index in [9.17, 15) is 0 Å². The van der Waals surface area contributed by atoms with Gasteiger partial charge in [-0.1, -0.05) is 11.6 Å². The van der Waals surface area contributed by atoms with E-state index in [4.69, 9.17) is 16.0 Å². The lowest BCUT2D eigenvalue weighted by Crippen LogP contribution is -2.04. The molecule has 0 aliphatic carbocycles. The van der Waals surface area contributed by atoms with Crippen LogP contribution in [0.1, 0.15) is 5.89 Å². The molecule has 0 atom stereocenters. The Morgan fingerprint density at radius 2 is 2.31 bits per heavy atom. The van der Waals surface area contributed by atoms with Crippen LogP contribution in [0.5, 0.6) is 0 Å². The summed E-state index contributed by atoms with van der Waals surface area (Å²) in [5, 5.41) is 3.66. The highest BCUT2D eigenvalue weighted by Crippen LogP contribution is 2.29. The van der Waals surface area contributed by atoms with Crippen molar-refractivity contribution in [2.45, 2.75) is 6.54 Å². The standard InChI is InChI=1S/C11H10BrClN2O/c1-14-6-11-15-5-10(16-11)7-2-3-9(13)8(12)4-7/h2-5,14H,6H2,1H3. The van der Waals surface area contributed by atoms with Crippen molar-refractivity contribution in [3.8, 4) is 11.3 Å². The van der Waals surface area contributed by atoms with E-state index in [1.807, 2.05) is 25.2 Å². The van der Waals surface area contributed by atoms with Gasteiger partial charge < -0.3 is 9.73 Å². The first kappa shape index (κ1) is 11.6. The highest BCUT2D eigenvalue weighted by molar-refractivity contribution is 9.10. The maximum atomic E-state index is 5.92. The van der Waals surface area contributed by atoms with Crippen molar-refractivity contribution < 1.29 is 4.42 Å². The van der Waals surface area contributed by atoms with Gasteiger partial charge >= 0.3 is 0 Å². The number of hydrogen-bond donors (Lipinski definition) is 1. The minimum atomic E-state index is 0.620. The van der Waals surface area contributed by atoms with Gasteiger partial charge in [-0.3, -0.25) is 0 Å². The minimum Gasteiger partial charge on any atom is -0.439 e. The molecule has 0 aliphatic heterocycles. The summed E-state index contributed by atoms with van der Waals surface area (Å²) in [6.07, 6.45) is 1.71. The third-order valence-electron chi connectivity index (χ3n) is 2.09. The van der Waals surface area contributed by atoms with E-state index in [1.54, 1.807) is 6.20 Å². The second-order valence-electron chi connectivity index (χ2n) is 3.28. The highest BCUT2D eigenvalue weighted by atomic mass is 79.9. The first-order valence-corrected chi connectivity index (χ1v) is 5.92. The van der Waals surface area contributed by atoms with E-state index < -0.39 is 0 Å². The summed E-state index contributed by atoms with van der Waals surface area (Å²) in [5.41, 5.74) is 0.950. The van der Waals surface area contributed by atoms with Crippen molar-refractivity contribution in [3.05, 3.63) is 39.8 Å². The van der Waals surface area contributed by atoms with E-state index in [2.05, 4.69) is 26.2 Å². The molecule has 1 aromatic heterocycles. The zero-order valence-electron chi connectivity index (χ0n) is 8.63. The molecule has 5 heteroatoms. The van der Waals surface area contributed by atoms with Gasteiger partial charge in [-0.05, 0) is 41.2 Å². The average molecular weight is 302 g/mol. The van der Waals surface area contributed by atoms with Gasteiger partial charge in [-0.2, -0.15) is 0 Å². The SMILES string of the molecule is CNCc1ncc(-c2ccc(Cl)c(Br)c2)o1. The van der Waals surface area contributed by atoms with Gasteiger partial charge in [0.25, 0.3) is 0 Å². The zero-order valence-corrected chi connectivity index (χ0v) is 11.0. The molecule has 1 heterocycles. The average Bonchev–Trinajstić information content (AvgIpc) is 2.71. The van der Waals surface area contributed by atoms with Gasteiger partial charge in [0, 0.05) is 10.0 Å². The van der Waals surface area contributed by atoms with Crippen LogP contribution in [0.4, 0.5) is 0 Å². The van der Waals surface area contributed by atoms with Gasteiger partial charge in [-0.15, -0.1) is 0 Å². The predicted octanol–water partition coefficient (Wildman–Crippen LogP) is 3.48. The molecular weight excluding hydrogens is 291 g/mol. The molecule has 1 N–H and O–H groups in total. The molecule has 16 heavy (non-hydrogen) atoms. The Bertz CT molecular complexity index is 498. The molecule has 0 radical (unpaired) electrons. The van der Waals surface area contributed by atoms with E-state index in [0.29, 0.717) is 17.5 Å². The molecule has 0 aliphatic rings. The van der Waals surface area contributed by atoms with Crippen LogP contribution in [0.2, 0.25) is 5.02 Å². The molecule has 0 saturated carbocycles. The van der Waals surface area contributed by atoms with Crippen LogP contribution in [0.3, 0.4) is 0 Å². The van der Waals surface area contributed by atoms with Gasteiger partial charge in [0.1, 0.15) is 0 Å². The van der Waals surface area contributed by atoms with Gasteiger partial charge in [-0.25, -0.2) is 4.98 Å². The first-order valence-electron chi connectivity index (χ1n) is 4.75. The molecule has 0 bridgehead atoms. The smallest absolute Gasteiger partial charge is 0.208 e. The van der Waals surface area contributed by atoms with Crippen molar-refractivity contribution in [1.29, 1.82) is 0 Å². The molecular formula is C11H10BrClN2O. The Morgan fingerprint density at radius 3 is 3.00 bits per heavy atom. The van der Waals surface area contributed by atoms with Crippen molar-refractivity contribution in [1.82, 2.24) is 10.3 Å². The number of hydrogen-bond acceptors (Lipinski definition) is 3. The van der Waals surface area contributed by atoms with Crippen LogP contribution < -0.4 is 5.32 Å². The van der Waals surface area contributed by atoms with Crippen molar-refractivity contribution in [2.75, 3.05) is 7.05 Å². The van der Waals surface area contributed by atoms with Crippen molar-refractivity contribution in [2.24, 2.45) is 0 Å². The Morgan fingerprint density at radius 1 is 1.50 bits per heavy atom. The van der Waals surface area contributed by atoms with Crippen LogP contribution in [0.15, 0.2) is 33.3 Å². The number of oxazole rings is 1. The Labute approximate surface area is 107 Å². The largest absolute Gasteiger partial charge is 0.439 e. The van der Waals surface area contributed by atoms with Crippen molar-refractivity contribution >= 4 is 27.5 Å². The van der Waals surface area contributed by atoms with Crippen LogP contribution in [-0.2, 0) is 6.54 Å². The molecule has 0 saturated heterocycles. The monoisotopic (exact) mass is 300 g/mol. The number of rotatable bonds is 3. The lowest BCUT2D eigenvalue weighted by Gasteiger charge is -1.99. The quantitative estimate of drug-likeness (QED) is 0.943. The summed E-state index contributed by atoms with van der Waals surface area (Å²) >= 11 is 9.29. The predicted molar refractivity (Wildman–Crippen MR) is 67.4 cm³/mol. The summed E-state index contributed by atoms with van der Waals surface area (Å²) in [6.45, 7) is 0.620. The maximum absolute atomic E-state index is 5.92. The molecule has 84 valence electrons. The fourth-order valence-corrected chi connectivity index (χ4v) is 1.82. The second-order valence-corrected chi connectivity index (χ2v) is 4.54. The molecule has 2 aromatic rings. The van der Waals surface area contributed by atoms with E-state index >= 15 is 0 Å². The number of halogens is 2. The Kier molecular flexibility index (Phi) is 3.63. The highest BCUT2D eigenvalue weighted by Gasteiger charge is 2.07. The fourth-order valence-electron chi connectivity index (χ4n) is 1.33. The molecule has 3 nitrogen and oxygen atoms in total. The number of benzene rings is 1. The molecule has 2 rings (SSSR count). The lowest BCUT2D eigenvalue weighted by molar-refractivity contribution is 0.491. The fraction of sp³-hybridized carbons (Fsp3) is 0.182. The number of nitrogens with zero attached hydrogens (tertiary/aromatic N) is 1. The number of nitrogens with one attached hydrogen (secondary N) is 1. The minimum absolute atomic E-state index is 0.620. The Hall–Kier alpha value is -0.840. The van der Waals surface area contributed by atoms with Gasteiger partial charge in [0.2, 0.25) is 5.89 Å². The summed E-state index contributed by atoms with van der Waals surface area (Å²) in [7, 11) is 1.85. The molecule has 0 amide bonds. The first-order chi connectivity index (χ1) is 7.70. The second kappa shape index (κ2) is 4.99. The topological polar surface area (TPSA) is 38.1 Å². The van der Waals surface area contributed by atoms with Crippen LogP contribution in [0, 0.1) is 0 Å². The molecule has 0 unspecified atom stereocenters. The van der Waals surface area contributed by atoms with Gasteiger partial charge in [0.15, 0.2) is 5.76 Å². The maximum Gasteiger partial charge on any atom is 0.208 e. The third-order valence-corrected chi connectivity index (χ3v) is 3.30. The van der Waals surface area contributed by atoms with Crippen molar-refractivity contribution in [3.63, 3.8) is 0 Å². The van der Waals surface area contributed by atoms with Crippen LogP contribution >= 0.6 is 27.5 Å². The lowest BCUT2D eigenvalue weighted by atomic mass is 10.2. The summed E-state index contributed by atoms with van der Waals surface area (Å²) < 4.78 is 6.41. The van der Waals surface area contributed by atoms with E-state index in [1.165, 1.54) is 0 Å². The summed E-state index contributed by atoms with van der Waals surface area (Å²) in [5.74, 6) is 1.41. The number of aromatic nitrogens is 1. The Balaban J connectivity index is 2.31.